The molecule has 1 heterocycles. The van der Waals surface area contributed by atoms with Crippen molar-refractivity contribution in [3.63, 3.8) is 0 Å². The Morgan fingerprint density at radius 1 is 1.50 bits per heavy atom. The third-order valence-electron chi connectivity index (χ3n) is 2.05. The van der Waals surface area contributed by atoms with E-state index in [2.05, 4.69) is 10.3 Å². The topological polar surface area (TPSA) is 24.9 Å². The molecule has 5 heteroatoms. The predicted octanol–water partition coefficient (Wildman–Crippen LogP) is 3.86. The van der Waals surface area contributed by atoms with E-state index in [-0.39, 0.29) is 5.82 Å². The summed E-state index contributed by atoms with van der Waals surface area (Å²) in [6.07, 6.45) is 1.79. The van der Waals surface area contributed by atoms with Gasteiger partial charge in [0.05, 0.1) is 17.2 Å². The molecule has 16 heavy (non-hydrogen) atoms. The molecule has 0 unspecified atom stereocenters. The summed E-state index contributed by atoms with van der Waals surface area (Å²) in [7, 11) is 0. The summed E-state index contributed by atoms with van der Waals surface area (Å²) in [6.45, 7) is 2.50. The molecule has 0 amide bonds. The predicted molar refractivity (Wildman–Crippen MR) is 65.6 cm³/mol. The molecule has 0 saturated carbocycles. The first-order valence-corrected chi connectivity index (χ1v) is 5.95. The van der Waals surface area contributed by atoms with Crippen LogP contribution in [0.25, 0.3) is 0 Å². The van der Waals surface area contributed by atoms with Crippen molar-refractivity contribution in [3.05, 3.63) is 45.1 Å². The molecule has 0 aliphatic rings. The Labute approximate surface area is 102 Å². The molecule has 0 atom stereocenters. The van der Waals surface area contributed by atoms with Gasteiger partial charge in [-0.05, 0) is 25.1 Å². The van der Waals surface area contributed by atoms with Crippen molar-refractivity contribution >= 4 is 28.6 Å². The second-order valence-electron chi connectivity index (χ2n) is 3.32. The minimum atomic E-state index is -0.300. The molecule has 0 aliphatic heterocycles. The highest BCUT2D eigenvalue weighted by molar-refractivity contribution is 7.11. The van der Waals surface area contributed by atoms with E-state index in [0.717, 1.165) is 9.88 Å². The Balaban J connectivity index is 2.07. The molecule has 1 N–H and O–H groups in total. The summed E-state index contributed by atoms with van der Waals surface area (Å²) >= 11 is 7.37. The van der Waals surface area contributed by atoms with Crippen LogP contribution in [0.2, 0.25) is 5.02 Å². The number of hydrogen-bond donors (Lipinski definition) is 1. The van der Waals surface area contributed by atoms with Gasteiger partial charge in [0.1, 0.15) is 5.82 Å². The SMILES string of the molecule is Cc1ncc(CNc2cc(Cl)ccc2F)s1. The molecule has 0 saturated heterocycles. The third kappa shape index (κ3) is 2.71. The van der Waals surface area contributed by atoms with Gasteiger partial charge in [-0.2, -0.15) is 0 Å². The number of rotatable bonds is 3. The number of aromatic nitrogens is 1. The summed E-state index contributed by atoms with van der Waals surface area (Å²) in [4.78, 5) is 5.19. The summed E-state index contributed by atoms with van der Waals surface area (Å²) in [5.41, 5.74) is 0.415. The molecule has 2 aromatic rings. The van der Waals surface area contributed by atoms with Crippen LogP contribution in [0.5, 0.6) is 0 Å². The summed E-state index contributed by atoms with van der Waals surface area (Å²) in [6, 6.07) is 4.45. The minimum absolute atomic E-state index is 0.300. The van der Waals surface area contributed by atoms with Crippen LogP contribution in [-0.4, -0.2) is 4.98 Å². The smallest absolute Gasteiger partial charge is 0.146 e. The van der Waals surface area contributed by atoms with Crippen LogP contribution in [-0.2, 0) is 6.54 Å². The van der Waals surface area contributed by atoms with Gasteiger partial charge in [-0.3, -0.25) is 0 Å². The second kappa shape index (κ2) is 4.80. The van der Waals surface area contributed by atoms with Gasteiger partial charge in [0.25, 0.3) is 0 Å². The quantitative estimate of drug-likeness (QED) is 0.902. The van der Waals surface area contributed by atoms with E-state index in [0.29, 0.717) is 17.3 Å². The van der Waals surface area contributed by atoms with Gasteiger partial charge in [-0.1, -0.05) is 11.6 Å². The lowest BCUT2D eigenvalue weighted by Gasteiger charge is -2.06. The number of anilines is 1. The fourth-order valence-corrected chi connectivity index (χ4v) is 2.21. The number of aryl methyl sites for hydroxylation is 1. The molecule has 84 valence electrons. The highest BCUT2D eigenvalue weighted by atomic mass is 35.5. The van der Waals surface area contributed by atoms with Crippen LogP contribution in [0.4, 0.5) is 10.1 Å². The summed E-state index contributed by atoms with van der Waals surface area (Å²) in [5.74, 6) is -0.300. The first kappa shape index (κ1) is 11.4. The maximum Gasteiger partial charge on any atom is 0.146 e. The fourth-order valence-electron chi connectivity index (χ4n) is 1.30. The minimum Gasteiger partial charge on any atom is -0.378 e. The Morgan fingerprint density at radius 2 is 2.31 bits per heavy atom. The Morgan fingerprint density at radius 3 is 3.00 bits per heavy atom. The normalized spacial score (nSPS) is 10.4. The molecular weight excluding hydrogens is 247 g/mol. The number of nitrogens with zero attached hydrogens (tertiary/aromatic N) is 1. The van der Waals surface area contributed by atoms with Gasteiger partial charge in [-0.15, -0.1) is 11.3 Å². The van der Waals surface area contributed by atoms with Crippen molar-refractivity contribution in [1.82, 2.24) is 4.98 Å². The monoisotopic (exact) mass is 256 g/mol. The first-order valence-electron chi connectivity index (χ1n) is 4.75. The standard InChI is InChI=1S/C11H10ClFN2S/c1-7-14-5-9(16-7)6-15-11-4-8(12)2-3-10(11)13/h2-5,15H,6H2,1H3. The third-order valence-corrected chi connectivity index (χ3v) is 3.20. The van der Waals surface area contributed by atoms with Crippen molar-refractivity contribution in [2.45, 2.75) is 13.5 Å². The van der Waals surface area contributed by atoms with Crippen molar-refractivity contribution < 1.29 is 4.39 Å². The van der Waals surface area contributed by atoms with Crippen molar-refractivity contribution in [2.75, 3.05) is 5.32 Å². The van der Waals surface area contributed by atoms with Gasteiger partial charge in [0, 0.05) is 16.1 Å². The van der Waals surface area contributed by atoms with Gasteiger partial charge in [-0.25, -0.2) is 9.37 Å². The maximum absolute atomic E-state index is 13.3. The zero-order valence-corrected chi connectivity index (χ0v) is 10.2. The molecule has 0 bridgehead atoms. The van der Waals surface area contributed by atoms with Crippen LogP contribution >= 0.6 is 22.9 Å². The molecule has 0 fully saturated rings. The number of nitrogens with one attached hydrogen (secondary N) is 1. The molecule has 1 aromatic heterocycles. The van der Waals surface area contributed by atoms with Crippen molar-refractivity contribution in [2.24, 2.45) is 0 Å². The molecule has 2 rings (SSSR count). The van der Waals surface area contributed by atoms with Gasteiger partial charge >= 0.3 is 0 Å². The maximum atomic E-state index is 13.3. The molecule has 0 radical (unpaired) electrons. The fraction of sp³-hybridized carbons (Fsp3) is 0.182. The number of thiazole rings is 1. The van der Waals surface area contributed by atoms with Crippen LogP contribution in [0.15, 0.2) is 24.4 Å². The lowest BCUT2D eigenvalue weighted by Crippen LogP contribution is -1.99. The van der Waals surface area contributed by atoms with E-state index in [4.69, 9.17) is 11.6 Å². The van der Waals surface area contributed by atoms with Crippen molar-refractivity contribution in [3.8, 4) is 0 Å². The van der Waals surface area contributed by atoms with Crippen molar-refractivity contribution in [1.29, 1.82) is 0 Å². The highest BCUT2D eigenvalue weighted by Gasteiger charge is 2.03. The van der Waals surface area contributed by atoms with Crippen LogP contribution < -0.4 is 5.32 Å². The first-order chi connectivity index (χ1) is 7.65. The van der Waals surface area contributed by atoms with E-state index in [1.807, 2.05) is 6.92 Å². The average Bonchev–Trinajstić information content (AvgIpc) is 2.66. The number of halogens is 2. The van der Waals surface area contributed by atoms with E-state index < -0.39 is 0 Å². The average molecular weight is 257 g/mol. The molecule has 1 aromatic carbocycles. The molecular formula is C11H10ClFN2S. The largest absolute Gasteiger partial charge is 0.378 e. The van der Waals surface area contributed by atoms with Gasteiger partial charge < -0.3 is 5.32 Å². The van der Waals surface area contributed by atoms with E-state index in [9.17, 15) is 4.39 Å². The second-order valence-corrected chi connectivity index (χ2v) is 5.08. The summed E-state index contributed by atoms with van der Waals surface area (Å²) < 4.78 is 13.3. The zero-order valence-electron chi connectivity index (χ0n) is 8.63. The highest BCUT2D eigenvalue weighted by Crippen LogP contribution is 2.21. The van der Waals surface area contributed by atoms with E-state index in [1.165, 1.54) is 12.1 Å². The van der Waals surface area contributed by atoms with Crippen LogP contribution in [0.1, 0.15) is 9.88 Å². The molecule has 2 nitrogen and oxygen atoms in total. The van der Waals surface area contributed by atoms with Crippen LogP contribution in [0.3, 0.4) is 0 Å². The number of hydrogen-bond acceptors (Lipinski definition) is 3. The zero-order chi connectivity index (χ0) is 11.5. The number of benzene rings is 1. The van der Waals surface area contributed by atoms with Crippen LogP contribution in [0, 0.1) is 12.7 Å². The van der Waals surface area contributed by atoms with E-state index >= 15 is 0 Å². The van der Waals surface area contributed by atoms with Gasteiger partial charge in [0.15, 0.2) is 0 Å². The van der Waals surface area contributed by atoms with E-state index in [1.54, 1.807) is 23.6 Å². The van der Waals surface area contributed by atoms with Gasteiger partial charge in [0.2, 0.25) is 0 Å². The Bertz CT molecular complexity index is 498. The lowest BCUT2D eigenvalue weighted by atomic mass is 10.3. The Kier molecular flexibility index (Phi) is 3.41. The molecule has 0 aliphatic carbocycles. The summed E-state index contributed by atoms with van der Waals surface area (Å²) in [5, 5.41) is 4.52. The Hall–Kier alpha value is -1.13. The lowest BCUT2D eigenvalue weighted by molar-refractivity contribution is 0.630. The molecule has 0 spiro atoms.